The molecule has 0 saturated carbocycles. The van der Waals surface area contributed by atoms with Crippen molar-refractivity contribution in [2.45, 2.75) is 40.0 Å². The molecule has 0 spiro atoms. The van der Waals surface area contributed by atoms with Crippen LogP contribution in [0.15, 0.2) is 18.2 Å². The Balaban J connectivity index is 2.39. The Morgan fingerprint density at radius 1 is 1.24 bits per heavy atom. The summed E-state index contributed by atoms with van der Waals surface area (Å²) >= 11 is 0. The summed E-state index contributed by atoms with van der Waals surface area (Å²) in [5.41, 5.74) is 3.56. The van der Waals surface area contributed by atoms with Gasteiger partial charge in [-0.2, -0.15) is 5.10 Å². The zero-order valence-corrected chi connectivity index (χ0v) is 13.5. The first-order chi connectivity index (χ1) is 9.74. The number of hydrogen-bond donors (Lipinski definition) is 0. The lowest BCUT2D eigenvalue weighted by atomic mass is 9.86. The number of aromatic nitrogens is 2. The fourth-order valence-electron chi connectivity index (χ4n) is 2.24. The fraction of sp³-hybridized carbons (Fsp3) is 0.412. The molecule has 0 aliphatic carbocycles. The summed E-state index contributed by atoms with van der Waals surface area (Å²) in [4.78, 5) is 11.2. The van der Waals surface area contributed by atoms with Crippen LogP contribution in [0.3, 0.4) is 0 Å². The Labute approximate surface area is 125 Å². The molecular formula is C17H22N2O2. The Bertz CT molecular complexity index is 679. The van der Waals surface area contributed by atoms with Gasteiger partial charge in [0.2, 0.25) is 5.88 Å². The van der Waals surface area contributed by atoms with Crippen LogP contribution in [-0.4, -0.2) is 16.1 Å². The molecule has 1 aromatic heterocycles. The molecule has 2 aromatic rings. The summed E-state index contributed by atoms with van der Waals surface area (Å²) in [7, 11) is 1.77. The van der Waals surface area contributed by atoms with Crippen LogP contribution >= 0.6 is 0 Å². The molecule has 0 fully saturated rings. The number of ether oxygens (including phenoxy) is 1. The summed E-state index contributed by atoms with van der Waals surface area (Å²) in [6, 6.07) is 6.14. The molecule has 0 aliphatic rings. The van der Waals surface area contributed by atoms with Crippen molar-refractivity contribution in [3.63, 3.8) is 0 Å². The van der Waals surface area contributed by atoms with E-state index < -0.39 is 0 Å². The fourth-order valence-corrected chi connectivity index (χ4v) is 2.24. The maximum absolute atomic E-state index is 11.2. The monoisotopic (exact) mass is 286 g/mol. The first-order valence-electron chi connectivity index (χ1n) is 7.02. The molecule has 4 nitrogen and oxygen atoms in total. The SMILES string of the molecule is Cc1cc(C(C)(C)C)ccc1Oc1c(C=O)c(C)nn1C. The van der Waals surface area contributed by atoms with Crippen molar-refractivity contribution < 1.29 is 9.53 Å². The highest BCUT2D eigenvalue weighted by atomic mass is 16.5. The number of carbonyl (C=O) groups excluding carboxylic acids is 1. The van der Waals surface area contributed by atoms with Crippen LogP contribution in [0.4, 0.5) is 0 Å². The van der Waals surface area contributed by atoms with Crippen LogP contribution in [-0.2, 0) is 12.5 Å². The molecule has 1 aromatic carbocycles. The van der Waals surface area contributed by atoms with Gasteiger partial charge in [-0.15, -0.1) is 0 Å². The smallest absolute Gasteiger partial charge is 0.228 e. The lowest BCUT2D eigenvalue weighted by Gasteiger charge is -2.20. The third-order valence-electron chi connectivity index (χ3n) is 3.58. The highest BCUT2D eigenvalue weighted by Gasteiger charge is 2.18. The van der Waals surface area contributed by atoms with E-state index in [1.165, 1.54) is 5.56 Å². The summed E-state index contributed by atoms with van der Waals surface area (Å²) in [6.45, 7) is 10.3. The highest BCUT2D eigenvalue weighted by Crippen LogP contribution is 2.31. The number of benzene rings is 1. The highest BCUT2D eigenvalue weighted by molar-refractivity contribution is 5.80. The minimum absolute atomic E-state index is 0.0976. The van der Waals surface area contributed by atoms with Gasteiger partial charge in [-0.3, -0.25) is 4.79 Å². The topological polar surface area (TPSA) is 44.1 Å². The normalized spacial score (nSPS) is 11.5. The van der Waals surface area contributed by atoms with Crippen molar-refractivity contribution >= 4 is 6.29 Å². The van der Waals surface area contributed by atoms with Crippen molar-refractivity contribution in [2.75, 3.05) is 0 Å². The largest absolute Gasteiger partial charge is 0.438 e. The molecule has 0 aliphatic heterocycles. The van der Waals surface area contributed by atoms with Crippen LogP contribution in [0.5, 0.6) is 11.6 Å². The molecule has 112 valence electrons. The van der Waals surface area contributed by atoms with E-state index in [-0.39, 0.29) is 5.41 Å². The van der Waals surface area contributed by atoms with E-state index in [9.17, 15) is 4.79 Å². The lowest BCUT2D eigenvalue weighted by molar-refractivity contribution is 0.112. The maximum atomic E-state index is 11.2. The molecule has 0 radical (unpaired) electrons. The molecule has 0 unspecified atom stereocenters. The van der Waals surface area contributed by atoms with E-state index in [1.807, 2.05) is 13.0 Å². The number of aryl methyl sites for hydroxylation is 3. The molecule has 0 atom stereocenters. The van der Waals surface area contributed by atoms with E-state index in [4.69, 9.17) is 4.74 Å². The second-order valence-electron chi connectivity index (χ2n) is 6.38. The summed E-state index contributed by atoms with van der Waals surface area (Å²) in [6.07, 6.45) is 0.788. The Morgan fingerprint density at radius 2 is 1.90 bits per heavy atom. The van der Waals surface area contributed by atoms with Crippen molar-refractivity contribution in [3.8, 4) is 11.6 Å². The molecule has 1 heterocycles. The Morgan fingerprint density at radius 3 is 2.43 bits per heavy atom. The summed E-state index contributed by atoms with van der Waals surface area (Å²) in [5.74, 6) is 1.23. The molecule has 0 saturated heterocycles. The number of rotatable bonds is 3. The maximum Gasteiger partial charge on any atom is 0.228 e. The quantitative estimate of drug-likeness (QED) is 0.803. The first kappa shape index (κ1) is 15.3. The van der Waals surface area contributed by atoms with Crippen LogP contribution < -0.4 is 4.74 Å². The third kappa shape index (κ3) is 2.99. The van der Waals surface area contributed by atoms with Gasteiger partial charge >= 0.3 is 0 Å². The van der Waals surface area contributed by atoms with E-state index >= 15 is 0 Å². The van der Waals surface area contributed by atoms with Gasteiger partial charge in [0.05, 0.1) is 11.3 Å². The van der Waals surface area contributed by atoms with Gasteiger partial charge in [-0.25, -0.2) is 4.68 Å². The third-order valence-corrected chi connectivity index (χ3v) is 3.58. The molecule has 0 amide bonds. The lowest BCUT2D eigenvalue weighted by Crippen LogP contribution is -2.11. The van der Waals surface area contributed by atoms with Gasteiger partial charge in [-0.1, -0.05) is 32.9 Å². The van der Waals surface area contributed by atoms with Crippen molar-refractivity contribution in [1.82, 2.24) is 9.78 Å². The molecular weight excluding hydrogens is 264 g/mol. The van der Waals surface area contributed by atoms with E-state index in [2.05, 4.69) is 38.0 Å². The Hall–Kier alpha value is -2.10. The van der Waals surface area contributed by atoms with Crippen molar-refractivity contribution in [3.05, 3.63) is 40.6 Å². The zero-order chi connectivity index (χ0) is 15.8. The van der Waals surface area contributed by atoms with Crippen LogP contribution in [0, 0.1) is 13.8 Å². The van der Waals surface area contributed by atoms with Crippen molar-refractivity contribution in [2.24, 2.45) is 7.05 Å². The van der Waals surface area contributed by atoms with Gasteiger partial charge in [0.25, 0.3) is 0 Å². The van der Waals surface area contributed by atoms with Crippen LogP contribution in [0.2, 0.25) is 0 Å². The summed E-state index contributed by atoms with van der Waals surface area (Å²) < 4.78 is 7.51. The van der Waals surface area contributed by atoms with Gasteiger partial charge in [0.15, 0.2) is 6.29 Å². The van der Waals surface area contributed by atoms with Gasteiger partial charge in [-0.05, 0) is 36.5 Å². The second-order valence-corrected chi connectivity index (χ2v) is 6.38. The molecule has 0 N–H and O–H groups in total. The standard InChI is InChI=1S/C17H22N2O2/c1-11-9-13(17(3,4)5)7-8-15(11)21-16-14(10-20)12(2)18-19(16)6/h7-10H,1-6H3. The van der Waals surface area contributed by atoms with E-state index in [1.54, 1.807) is 18.7 Å². The Kier molecular flexibility index (Phi) is 3.90. The van der Waals surface area contributed by atoms with Gasteiger partial charge < -0.3 is 4.74 Å². The molecule has 0 bridgehead atoms. The number of nitrogens with zero attached hydrogens (tertiary/aromatic N) is 2. The van der Waals surface area contributed by atoms with E-state index in [0.29, 0.717) is 17.1 Å². The van der Waals surface area contributed by atoms with Gasteiger partial charge in [0.1, 0.15) is 5.75 Å². The van der Waals surface area contributed by atoms with Gasteiger partial charge in [0, 0.05) is 7.05 Å². The zero-order valence-electron chi connectivity index (χ0n) is 13.5. The number of carbonyl (C=O) groups is 1. The molecule has 21 heavy (non-hydrogen) atoms. The number of aldehydes is 1. The van der Waals surface area contributed by atoms with Crippen LogP contribution in [0.25, 0.3) is 0 Å². The second kappa shape index (κ2) is 5.35. The average molecular weight is 286 g/mol. The first-order valence-corrected chi connectivity index (χ1v) is 7.02. The van der Waals surface area contributed by atoms with Crippen LogP contribution in [0.1, 0.15) is 48.0 Å². The summed E-state index contributed by atoms with van der Waals surface area (Å²) in [5, 5.41) is 4.22. The predicted molar refractivity (Wildman–Crippen MR) is 83.3 cm³/mol. The van der Waals surface area contributed by atoms with E-state index in [0.717, 1.165) is 17.6 Å². The van der Waals surface area contributed by atoms with Crippen molar-refractivity contribution in [1.29, 1.82) is 0 Å². The molecule has 4 heteroatoms. The minimum atomic E-state index is 0.0976. The molecule has 2 rings (SSSR count). The average Bonchev–Trinajstić information content (AvgIpc) is 2.64. The predicted octanol–water partition coefficient (Wildman–Crippen LogP) is 3.94. The number of hydrogen-bond acceptors (Lipinski definition) is 3. The minimum Gasteiger partial charge on any atom is -0.438 e.